The highest BCUT2D eigenvalue weighted by molar-refractivity contribution is 6.21. The summed E-state index contributed by atoms with van der Waals surface area (Å²) in [5, 5.41) is 0. The van der Waals surface area contributed by atoms with E-state index in [0.29, 0.717) is 16.7 Å². The van der Waals surface area contributed by atoms with E-state index in [1.54, 1.807) is 20.8 Å². The van der Waals surface area contributed by atoms with E-state index < -0.39 is 17.7 Å². The van der Waals surface area contributed by atoms with Crippen LogP contribution < -0.4 is 5.73 Å². The second-order valence-corrected chi connectivity index (χ2v) is 7.63. The zero-order chi connectivity index (χ0) is 21.3. The van der Waals surface area contributed by atoms with Gasteiger partial charge in [-0.05, 0) is 61.4 Å². The van der Waals surface area contributed by atoms with Gasteiger partial charge < -0.3 is 5.73 Å². The number of benzene rings is 1. The number of hydrogen-bond acceptors (Lipinski definition) is 5. The summed E-state index contributed by atoms with van der Waals surface area (Å²) in [4.78, 5) is 61.0. The van der Waals surface area contributed by atoms with Crippen LogP contribution in [0.3, 0.4) is 0 Å². The third-order valence-corrected chi connectivity index (χ3v) is 5.78. The first-order valence-corrected chi connectivity index (χ1v) is 9.51. The summed E-state index contributed by atoms with van der Waals surface area (Å²) in [5.74, 6) is -3.31. The van der Waals surface area contributed by atoms with E-state index in [-0.39, 0.29) is 48.8 Å². The summed E-state index contributed by atoms with van der Waals surface area (Å²) < 4.78 is 0. The van der Waals surface area contributed by atoms with Crippen molar-refractivity contribution in [3.8, 4) is 0 Å². The van der Waals surface area contributed by atoms with Crippen LogP contribution in [0.5, 0.6) is 0 Å². The lowest BCUT2D eigenvalue weighted by Gasteiger charge is -2.30. The van der Waals surface area contributed by atoms with Crippen LogP contribution in [0.2, 0.25) is 0 Å². The van der Waals surface area contributed by atoms with Crippen LogP contribution in [0.25, 0.3) is 0 Å². The van der Waals surface area contributed by atoms with Crippen molar-refractivity contribution in [3.05, 3.63) is 33.4 Å². The van der Waals surface area contributed by atoms with Gasteiger partial charge in [0.2, 0.25) is 5.91 Å². The molecule has 1 fully saturated rings. The molecule has 0 heterocycles. The third kappa shape index (κ3) is 3.81. The maximum absolute atomic E-state index is 12.6. The molecule has 0 bridgehead atoms. The Morgan fingerprint density at radius 1 is 0.964 bits per heavy atom. The van der Waals surface area contributed by atoms with Gasteiger partial charge in [-0.25, -0.2) is 0 Å². The van der Waals surface area contributed by atoms with Gasteiger partial charge in [0.25, 0.3) is 0 Å². The smallest absolute Gasteiger partial charge is 0.221 e. The molecule has 28 heavy (non-hydrogen) atoms. The average molecular weight is 385 g/mol. The van der Waals surface area contributed by atoms with Crippen LogP contribution >= 0.6 is 0 Å². The van der Waals surface area contributed by atoms with Crippen molar-refractivity contribution in [1.29, 1.82) is 0 Å². The number of rotatable bonds is 6. The molecule has 0 saturated heterocycles. The summed E-state index contributed by atoms with van der Waals surface area (Å²) in [6.45, 7) is 8.51. The Morgan fingerprint density at radius 2 is 1.50 bits per heavy atom. The van der Waals surface area contributed by atoms with Gasteiger partial charge in [-0.3, -0.25) is 24.0 Å². The lowest BCUT2D eigenvalue weighted by molar-refractivity contribution is -0.142. The zero-order valence-electron chi connectivity index (χ0n) is 17.1. The molecule has 2 rings (SSSR count). The second kappa shape index (κ2) is 8.17. The molecule has 0 unspecified atom stereocenters. The largest absolute Gasteiger partial charge is 0.369 e. The van der Waals surface area contributed by atoms with Crippen molar-refractivity contribution in [3.63, 3.8) is 0 Å². The van der Waals surface area contributed by atoms with E-state index in [4.69, 9.17) is 5.73 Å². The SMILES string of the molecule is CCC(=O)C1C(=O)CC(c2c(C)c(CC(N)=O)c(C)c(C(C)=O)c2C)CC1=O. The first-order valence-electron chi connectivity index (χ1n) is 9.51. The first-order chi connectivity index (χ1) is 13.0. The number of amides is 1. The third-order valence-electron chi connectivity index (χ3n) is 5.78. The Morgan fingerprint density at radius 3 is 1.93 bits per heavy atom. The van der Waals surface area contributed by atoms with Crippen molar-refractivity contribution in [2.75, 3.05) is 0 Å². The molecule has 1 amide bonds. The summed E-state index contributed by atoms with van der Waals surface area (Å²) in [7, 11) is 0. The molecular weight excluding hydrogens is 358 g/mol. The van der Waals surface area contributed by atoms with Gasteiger partial charge in [0.05, 0.1) is 6.42 Å². The number of hydrogen-bond donors (Lipinski definition) is 1. The van der Waals surface area contributed by atoms with E-state index in [1.807, 2.05) is 6.92 Å². The van der Waals surface area contributed by atoms with Gasteiger partial charge in [0.15, 0.2) is 23.1 Å². The number of nitrogens with two attached hydrogens (primary N) is 1. The fourth-order valence-corrected chi connectivity index (χ4v) is 4.61. The Labute approximate surface area is 164 Å². The number of primary amides is 1. The topological polar surface area (TPSA) is 111 Å². The lowest BCUT2D eigenvalue weighted by atomic mass is 9.71. The maximum Gasteiger partial charge on any atom is 0.221 e. The zero-order valence-corrected chi connectivity index (χ0v) is 17.1. The van der Waals surface area contributed by atoms with E-state index in [0.717, 1.165) is 16.7 Å². The van der Waals surface area contributed by atoms with Crippen LogP contribution in [0, 0.1) is 26.7 Å². The predicted octanol–water partition coefficient (Wildman–Crippen LogP) is 2.45. The summed E-state index contributed by atoms with van der Waals surface area (Å²) in [5.41, 5.74) is 9.53. The molecule has 1 aromatic carbocycles. The van der Waals surface area contributed by atoms with Crippen LogP contribution in [-0.2, 0) is 25.6 Å². The average Bonchev–Trinajstić information content (AvgIpc) is 2.57. The van der Waals surface area contributed by atoms with Gasteiger partial charge in [0.1, 0.15) is 5.92 Å². The molecule has 6 heteroatoms. The van der Waals surface area contributed by atoms with E-state index in [2.05, 4.69) is 0 Å². The quantitative estimate of drug-likeness (QED) is 0.597. The molecule has 1 saturated carbocycles. The summed E-state index contributed by atoms with van der Waals surface area (Å²) in [6.07, 6.45) is 0.268. The Hall–Kier alpha value is -2.63. The van der Waals surface area contributed by atoms with E-state index in [1.165, 1.54) is 6.92 Å². The Kier molecular flexibility index (Phi) is 6.32. The molecule has 2 N–H and O–H groups in total. The van der Waals surface area contributed by atoms with Gasteiger partial charge in [-0.15, -0.1) is 0 Å². The fourth-order valence-electron chi connectivity index (χ4n) is 4.61. The molecule has 6 nitrogen and oxygen atoms in total. The predicted molar refractivity (Wildman–Crippen MR) is 104 cm³/mol. The molecule has 0 spiro atoms. The van der Waals surface area contributed by atoms with Crippen LogP contribution in [-0.4, -0.2) is 29.0 Å². The van der Waals surface area contributed by atoms with Crippen LogP contribution in [0.4, 0.5) is 0 Å². The molecule has 1 aliphatic carbocycles. The van der Waals surface area contributed by atoms with Gasteiger partial charge in [0, 0.05) is 24.8 Å². The van der Waals surface area contributed by atoms with Crippen molar-refractivity contribution in [2.24, 2.45) is 11.7 Å². The molecule has 1 aliphatic rings. The number of ketones is 4. The highest BCUT2D eigenvalue weighted by Gasteiger charge is 2.41. The maximum atomic E-state index is 12.6. The van der Waals surface area contributed by atoms with Gasteiger partial charge >= 0.3 is 0 Å². The van der Waals surface area contributed by atoms with Crippen LogP contribution in [0.1, 0.15) is 77.2 Å². The van der Waals surface area contributed by atoms with Crippen LogP contribution in [0.15, 0.2) is 0 Å². The highest BCUT2D eigenvalue weighted by Crippen LogP contribution is 2.39. The van der Waals surface area contributed by atoms with Gasteiger partial charge in [-0.1, -0.05) is 6.92 Å². The molecule has 1 aromatic rings. The molecule has 0 atom stereocenters. The van der Waals surface area contributed by atoms with Crippen molar-refractivity contribution < 1.29 is 24.0 Å². The normalized spacial score (nSPS) is 19.6. The molecule has 0 aliphatic heterocycles. The minimum Gasteiger partial charge on any atom is -0.369 e. The molecule has 0 aromatic heterocycles. The standard InChI is InChI=1S/C22H27NO5/c1-6-16(25)22-17(26)7-14(8-18(22)27)21-11(3)15(9-19(23)28)10(2)20(12(21)4)13(5)24/h14,22H,6-9H2,1-5H3,(H2,23,28). The second-order valence-electron chi connectivity index (χ2n) is 7.63. The lowest BCUT2D eigenvalue weighted by Crippen LogP contribution is -2.38. The number of carbonyl (C=O) groups is 5. The van der Waals surface area contributed by atoms with E-state index >= 15 is 0 Å². The Bertz CT molecular complexity index is 879. The highest BCUT2D eigenvalue weighted by atomic mass is 16.2. The van der Waals surface area contributed by atoms with E-state index in [9.17, 15) is 24.0 Å². The Balaban J connectivity index is 2.63. The fraction of sp³-hybridized carbons (Fsp3) is 0.500. The minimum atomic E-state index is -1.16. The molecular formula is C22H27NO5. The summed E-state index contributed by atoms with van der Waals surface area (Å²) in [6, 6.07) is 0. The number of Topliss-reactive ketones (excluding diaryl/α,β-unsaturated/α-hetero) is 4. The van der Waals surface area contributed by atoms with Gasteiger partial charge in [-0.2, -0.15) is 0 Å². The molecule has 0 radical (unpaired) electrons. The molecule has 150 valence electrons. The first kappa shape index (κ1) is 21.7. The van der Waals surface area contributed by atoms with Crippen molar-refractivity contribution >= 4 is 29.0 Å². The monoisotopic (exact) mass is 385 g/mol. The number of carbonyl (C=O) groups excluding carboxylic acids is 5. The van der Waals surface area contributed by atoms with Crippen molar-refractivity contribution in [2.45, 2.75) is 66.2 Å². The van der Waals surface area contributed by atoms with Crippen molar-refractivity contribution in [1.82, 2.24) is 0 Å². The minimum absolute atomic E-state index is 0.0171. The summed E-state index contributed by atoms with van der Waals surface area (Å²) >= 11 is 0.